The van der Waals surface area contributed by atoms with Gasteiger partial charge < -0.3 is 9.47 Å². The number of esters is 1. The number of methoxy groups -OCH3 is 1. The van der Waals surface area contributed by atoms with Crippen LogP contribution < -0.4 is 0 Å². The van der Waals surface area contributed by atoms with Crippen LogP contribution in [0.25, 0.3) is 10.4 Å². The number of azide groups is 1. The molecule has 0 spiro atoms. The average molecular weight is 384 g/mol. The van der Waals surface area contributed by atoms with Gasteiger partial charge in [0, 0.05) is 25.0 Å². The van der Waals surface area contributed by atoms with Crippen LogP contribution in [-0.4, -0.2) is 37.6 Å². The number of ether oxygens (including phenoxy) is 2. The van der Waals surface area contributed by atoms with Crippen LogP contribution in [0.4, 0.5) is 0 Å². The van der Waals surface area contributed by atoms with Gasteiger partial charge in [-0.2, -0.15) is 0 Å². The van der Waals surface area contributed by atoms with Gasteiger partial charge >= 0.3 is 5.97 Å². The van der Waals surface area contributed by atoms with E-state index in [4.69, 9.17) is 15.0 Å². The molecule has 2 atom stereocenters. The van der Waals surface area contributed by atoms with Gasteiger partial charge in [-0.05, 0) is 38.1 Å². The molecule has 0 amide bonds. The number of nitrogens with zero attached hydrogens (tertiary/aromatic N) is 3. The molecule has 0 aliphatic rings. The maximum Gasteiger partial charge on any atom is 0.308 e. The molecule has 0 aromatic carbocycles. The zero-order valence-electron chi connectivity index (χ0n) is 17.3. The summed E-state index contributed by atoms with van der Waals surface area (Å²) in [5.41, 5.74) is 8.22. The number of ketones is 1. The number of hydrogen-bond acceptors (Lipinski definition) is 5. The molecule has 0 bridgehead atoms. The summed E-state index contributed by atoms with van der Waals surface area (Å²) >= 11 is 0. The average Bonchev–Trinajstić information content (AvgIpc) is 2.62. The molecule has 7 heteroatoms. The van der Waals surface area contributed by atoms with Gasteiger partial charge in [0.25, 0.3) is 0 Å². The molecule has 0 N–H and O–H groups in total. The monoisotopic (exact) mass is 383 g/mol. The van der Waals surface area contributed by atoms with Gasteiger partial charge in [0.2, 0.25) is 0 Å². The van der Waals surface area contributed by atoms with E-state index in [1.54, 1.807) is 7.11 Å². The zero-order valence-corrected chi connectivity index (χ0v) is 17.3. The molecule has 0 aromatic heterocycles. The highest BCUT2D eigenvalue weighted by molar-refractivity contribution is 5.77. The molecule has 0 saturated heterocycles. The SMILES string of the molecule is CCCCC[C@H](CC(=O)O[C@H](CCCCCCCN=[N+]=[N-])CC(C)=O)OC. The molecule has 0 radical (unpaired) electrons. The van der Waals surface area contributed by atoms with E-state index >= 15 is 0 Å². The second-order valence-corrected chi connectivity index (χ2v) is 7.09. The number of Topliss-reactive ketones (excluding diaryl/α,β-unsaturated/α-hetero) is 1. The molecule has 0 heterocycles. The molecule has 0 aromatic rings. The number of rotatable bonds is 18. The highest BCUT2D eigenvalue weighted by Gasteiger charge is 2.19. The van der Waals surface area contributed by atoms with E-state index in [1.807, 2.05) is 0 Å². The van der Waals surface area contributed by atoms with Crippen molar-refractivity contribution in [2.75, 3.05) is 13.7 Å². The molecule has 0 aliphatic carbocycles. The Kier molecular flexibility index (Phi) is 16.8. The van der Waals surface area contributed by atoms with Crippen molar-refractivity contribution < 1.29 is 19.1 Å². The summed E-state index contributed by atoms with van der Waals surface area (Å²) in [6, 6.07) is 0. The summed E-state index contributed by atoms with van der Waals surface area (Å²) in [6.45, 7) is 4.21. The molecule has 156 valence electrons. The lowest BCUT2D eigenvalue weighted by atomic mass is 10.0. The van der Waals surface area contributed by atoms with Gasteiger partial charge in [-0.15, -0.1) is 0 Å². The number of carbonyl (C=O) groups excluding carboxylic acids is 2. The van der Waals surface area contributed by atoms with Gasteiger partial charge in [0.1, 0.15) is 11.9 Å². The van der Waals surface area contributed by atoms with Gasteiger partial charge in [-0.25, -0.2) is 0 Å². The van der Waals surface area contributed by atoms with Crippen LogP contribution in [0.2, 0.25) is 0 Å². The highest BCUT2D eigenvalue weighted by Crippen LogP contribution is 2.16. The summed E-state index contributed by atoms with van der Waals surface area (Å²) in [6.07, 6.45) is 9.81. The molecule has 27 heavy (non-hydrogen) atoms. The van der Waals surface area contributed by atoms with Gasteiger partial charge in [0.15, 0.2) is 0 Å². The van der Waals surface area contributed by atoms with Crippen LogP contribution in [0.15, 0.2) is 5.11 Å². The first-order valence-electron chi connectivity index (χ1n) is 10.3. The third kappa shape index (κ3) is 16.3. The van der Waals surface area contributed by atoms with Crippen LogP contribution >= 0.6 is 0 Å². The van der Waals surface area contributed by atoms with E-state index in [1.165, 1.54) is 6.92 Å². The lowest BCUT2D eigenvalue weighted by Gasteiger charge is -2.19. The number of carbonyl (C=O) groups is 2. The van der Waals surface area contributed by atoms with Crippen molar-refractivity contribution in [1.82, 2.24) is 0 Å². The van der Waals surface area contributed by atoms with Gasteiger partial charge in [-0.3, -0.25) is 9.59 Å². The van der Waals surface area contributed by atoms with Crippen molar-refractivity contribution in [3.63, 3.8) is 0 Å². The predicted molar refractivity (Wildman–Crippen MR) is 106 cm³/mol. The van der Waals surface area contributed by atoms with Gasteiger partial charge in [-0.1, -0.05) is 50.6 Å². The van der Waals surface area contributed by atoms with Crippen LogP contribution in [-0.2, 0) is 19.1 Å². The minimum absolute atomic E-state index is 0.0356. The maximum atomic E-state index is 12.2. The van der Waals surface area contributed by atoms with Crippen molar-refractivity contribution in [2.45, 2.75) is 103 Å². The molecular formula is C20H37N3O4. The Morgan fingerprint density at radius 2 is 1.59 bits per heavy atom. The third-order valence-electron chi connectivity index (χ3n) is 4.52. The van der Waals surface area contributed by atoms with E-state index in [0.29, 0.717) is 13.0 Å². The summed E-state index contributed by atoms with van der Waals surface area (Å²) in [4.78, 5) is 26.4. The van der Waals surface area contributed by atoms with Crippen LogP contribution in [0.5, 0.6) is 0 Å². The Balaban J connectivity index is 4.17. The van der Waals surface area contributed by atoms with Crippen molar-refractivity contribution >= 4 is 11.8 Å². The van der Waals surface area contributed by atoms with Crippen molar-refractivity contribution in [3.8, 4) is 0 Å². The standard InChI is InChI=1S/C20H37N3O4/c1-4-5-9-12-18(26-3)16-20(25)27-19(15-17(2)24)13-10-7-6-8-11-14-22-23-21/h18-19H,4-16H2,1-3H3/t18-,19-/m1/s1. The molecule has 0 saturated carbocycles. The summed E-state index contributed by atoms with van der Waals surface area (Å²) in [5.74, 6) is -0.243. The first kappa shape index (κ1) is 25.4. The predicted octanol–water partition coefficient (Wildman–Crippen LogP) is 5.51. The summed E-state index contributed by atoms with van der Waals surface area (Å²) in [7, 11) is 1.62. The van der Waals surface area contributed by atoms with E-state index in [9.17, 15) is 9.59 Å². The minimum atomic E-state index is -0.341. The lowest BCUT2D eigenvalue weighted by Crippen LogP contribution is -2.24. The topological polar surface area (TPSA) is 101 Å². The fraction of sp³-hybridized carbons (Fsp3) is 0.900. The maximum absolute atomic E-state index is 12.2. The van der Waals surface area contributed by atoms with Gasteiger partial charge in [0.05, 0.1) is 12.5 Å². The Morgan fingerprint density at radius 3 is 2.22 bits per heavy atom. The minimum Gasteiger partial charge on any atom is -0.462 e. The second-order valence-electron chi connectivity index (χ2n) is 7.09. The first-order valence-corrected chi connectivity index (χ1v) is 10.3. The lowest BCUT2D eigenvalue weighted by molar-refractivity contribution is -0.153. The highest BCUT2D eigenvalue weighted by atomic mass is 16.5. The van der Waals surface area contributed by atoms with Crippen LogP contribution in [0.3, 0.4) is 0 Å². The van der Waals surface area contributed by atoms with Crippen molar-refractivity contribution in [3.05, 3.63) is 10.4 Å². The molecule has 0 fully saturated rings. The Bertz CT molecular complexity index is 451. The number of unbranched alkanes of at least 4 members (excludes halogenated alkanes) is 6. The van der Waals surface area contributed by atoms with E-state index in [2.05, 4.69) is 16.9 Å². The molecule has 0 rings (SSSR count). The fourth-order valence-corrected chi connectivity index (χ4v) is 3.00. The fourth-order valence-electron chi connectivity index (χ4n) is 3.00. The molecule has 0 aliphatic heterocycles. The summed E-state index contributed by atoms with van der Waals surface area (Å²) in [5, 5.41) is 3.51. The smallest absolute Gasteiger partial charge is 0.308 e. The largest absolute Gasteiger partial charge is 0.462 e. The summed E-state index contributed by atoms with van der Waals surface area (Å²) < 4.78 is 11.0. The Labute approximate surface area is 163 Å². The Hall–Kier alpha value is -1.59. The normalized spacial score (nSPS) is 12.9. The Morgan fingerprint density at radius 1 is 0.963 bits per heavy atom. The second kappa shape index (κ2) is 17.8. The van der Waals surface area contributed by atoms with E-state index in [-0.39, 0.29) is 36.8 Å². The molecular weight excluding hydrogens is 346 g/mol. The first-order chi connectivity index (χ1) is 13.0. The third-order valence-corrected chi connectivity index (χ3v) is 4.52. The van der Waals surface area contributed by atoms with Crippen LogP contribution in [0.1, 0.15) is 90.9 Å². The van der Waals surface area contributed by atoms with Crippen LogP contribution in [0, 0.1) is 0 Å². The zero-order chi connectivity index (χ0) is 20.3. The van der Waals surface area contributed by atoms with Crippen molar-refractivity contribution in [1.29, 1.82) is 0 Å². The molecule has 7 nitrogen and oxygen atoms in total. The van der Waals surface area contributed by atoms with E-state index in [0.717, 1.165) is 57.8 Å². The van der Waals surface area contributed by atoms with Crippen molar-refractivity contribution in [2.24, 2.45) is 5.11 Å². The quantitative estimate of drug-likeness (QED) is 0.102. The molecule has 0 unspecified atom stereocenters. The van der Waals surface area contributed by atoms with E-state index < -0.39 is 0 Å². The number of hydrogen-bond donors (Lipinski definition) is 0.